The number of carbonyl (C=O) groups excluding carboxylic acids is 1. The van der Waals surface area contributed by atoms with E-state index in [1.54, 1.807) is 18.2 Å². The van der Waals surface area contributed by atoms with Crippen molar-refractivity contribution in [3.05, 3.63) is 70.4 Å². The van der Waals surface area contributed by atoms with Crippen LogP contribution in [0.3, 0.4) is 0 Å². The average molecular weight is 424 g/mol. The Kier molecular flexibility index (Phi) is 6.12. The predicted octanol–water partition coefficient (Wildman–Crippen LogP) is 5.08. The van der Waals surface area contributed by atoms with Crippen molar-refractivity contribution in [3.63, 3.8) is 0 Å². The molecule has 0 radical (unpaired) electrons. The third kappa shape index (κ3) is 4.89. The van der Waals surface area contributed by atoms with E-state index in [1.807, 2.05) is 6.92 Å². The lowest BCUT2D eigenvalue weighted by Gasteiger charge is -2.10. The molecule has 0 spiro atoms. The minimum absolute atomic E-state index is 0.0581. The van der Waals surface area contributed by atoms with Crippen LogP contribution >= 0.6 is 11.6 Å². The quantitative estimate of drug-likeness (QED) is 0.581. The maximum Gasteiger partial charge on any atom is 0.416 e. The molecule has 0 fully saturated rings. The van der Waals surface area contributed by atoms with Crippen LogP contribution in [-0.2, 0) is 12.7 Å². The van der Waals surface area contributed by atoms with Gasteiger partial charge in [0.25, 0.3) is 5.91 Å². The standard InChI is InChI=1S/C20H17ClF3N3O2/c1-2-29-17-7-6-13(9-16(17)21)18-15(11-26-27-18)19(28)25-10-12-4-3-5-14(8-12)20(22,23)24/h3-9,11H,2,10H2,1H3,(H,25,28)(H,26,27). The zero-order valence-electron chi connectivity index (χ0n) is 15.3. The van der Waals surface area contributed by atoms with Crippen molar-refractivity contribution >= 4 is 17.5 Å². The number of aromatic amines is 1. The molecule has 0 unspecified atom stereocenters. The summed E-state index contributed by atoms with van der Waals surface area (Å²) in [5, 5.41) is 9.65. The van der Waals surface area contributed by atoms with Crippen molar-refractivity contribution in [2.45, 2.75) is 19.6 Å². The highest BCUT2D eigenvalue weighted by molar-refractivity contribution is 6.32. The zero-order valence-corrected chi connectivity index (χ0v) is 16.1. The molecule has 3 aromatic rings. The maximum absolute atomic E-state index is 12.8. The molecule has 2 N–H and O–H groups in total. The van der Waals surface area contributed by atoms with Gasteiger partial charge in [0, 0.05) is 12.1 Å². The molecule has 0 saturated carbocycles. The van der Waals surface area contributed by atoms with Crippen LogP contribution in [0, 0.1) is 0 Å². The number of H-pyrrole nitrogens is 1. The monoisotopic (exact) mass is 423 g/mol. The van der Waals surface area contributed by atoms with Crippen molar-refractivity contribution < 1.29 is 22.7 Å². The molecule has 1 aromatic heterocycles. The van der Waals surface area contributed by atoms with Crippen LogP contribution in [0.5, 0.6) is 5.75 Å². The molecule has 9 heteroatoms. The van der Waals surface area contributed by atoms with Crippen LogP contribution in [0.15, 0.2) is 48.7 Å². The molecule has 0 aliphatic carbocycles. The van der Waals surface area contributed by atoms with Gasteiger partial charge >= 0.3 is 6.18 Å². The average Bonchev–Trinajstić information content (AvgIpc) is 3.17. The van der Waals surface area contributed by atoms with Gasteiger partial charge in [-0.05, 0) is 42.8 Å². The van der Waals surface area contributed by atoms with Crippen molar-refractivity contribution in [1.29, 1.82) is 0 Å². The lowest BCUT2D eigenvalue weighted by Crippen LogP contribution is -2.23. The van der Waals surface area contributed by atoms with Gasteiger partial charge in [0.05, 0.1) is 34.6 Å². The van der Waals surface area contributed by atoms with Crippen LogP contribution in [0.2, 0.25) is 5.02 Å². The Morgan fingerprint density at radius 2 is 2.03 bits per heavy atom. The number of ether oxygens (including phenoxy) is 1. The van der Waals surface area contributed by atoms with Gasteiger partial charge in [-0.3, -0.25) is 9.89 Å². The molecule has 0 atom stereocenters. The molecular weight excluding hydrogens is 407 g/mol. The van der Waals surface area contributed by atoms with Crippen molar-refractivity contribution in [2.24, 2.45) is 0 Å². The number of rotatable bonds is 6. The van der Waals surface area contributed by atoms with Gasteiger partial charge in [-0.1, -0.05) is 23.7 Å². The topological polar surface area (TPSA) is 67.0 Å². The Hall–Kier alpha value is -3.00. The number of hydrogen-bond acceptors (Lipinski definition) is 3. The van der Waals surface area contributed by atoms with E-state index in [2.05, 4.69) is 15.5 Å². The number of carbonyl (C=O) groups is 1. The van der Waals surface area contributed by atoms with Gasteiger partial charge in [-0.2, -0.15) is 18.3 Å². The minimum atomic E-state index is -4.44. The zero-order chi connectivity index (χ0) is 21.0. The summed E-state index contributed by atoms with van der Waals surface area (Å²) in [6, 6.07) is 9.86. The molecule has 1 amide bonds. The number of nitrogens with zero attached hydrogens (tertiary/aromatic N) is 1. The first-order valence-electron chi connectivity index (χ1n) is 8.70. The summed E-state index contributed by atoms with van der Waals surface area (Å²) in [5.41, 5.74) is 0.883. The first-order chi connectivity index (χ1) is 13.8. The van der Waals surface area contributed by atoms with Crippen molar-refractivity contribution in [2.75, 3.05) is 6.61 Å². The molecule has 0 saturated heterocycles. The second-order valence-electron chi connectivity index (χ2n) is 6.12. The van der Waals surface area contributed by atoms with Gasteiger partial charge in [0.1, 0.15) is 5.75 Å². The number of benzene rings is 2. The normalized spacial score (nSPS) is 11.3. The fourth-order valence-electron chi connectivity index (χ4n) is 2.74. The van der Waals surface area contributed by atoms with Crippen molar-refractivity contribution in [3.8, 4) is 17.0 Å². The van der Waals surface area contributed by atoms with Gasteiger partial charge in [0.2, 0.25) is 0 Å². The summed E-state index contributed by atoms with van der Waals surface area (Å²) >= 11 is 6.20. The highest BCUT2D eigenvalue weighted by Gasteiger charge is 2.30. The Morgan fingerprint density at radius 1 is 1.24 bits per heavy atom. The molecule has 5 nitrogen and oxygen atoms in total. The summed E-state index contributed by atoms with van der Waals surface area (Å²) in [5.74, 6) is 0.0455. The van der Waals surface area contributed by atoms with E-state index < -0.39 is 17.6 Å². The molecule has 152 valence electrons. The Bertz CT molecular complexity index is 1020. The number of alkyl halides is 3. The lowest BCUT2D eigenvalue weighted by molar-refractivity contribution is -0.137. The molecule has 0 bridgehead atoms. The molecule has 29 heavy (non-hydrogen) atoms. The Balaban J connectivity index is 1.75. The van der Waals surface area contributed by atoms with E-state index in [9.17, 15) is 18.0 Å². The molecular formula is C20H17ClF3N3O2. The van der Waals surface area contributed by atoms with E-state index in [0.29, 0.717) is 34.2 Å². The van der Waals surface area contributed by atoms with E-state index in [4.69, 9.17) is 16.3 Å². The van der Waals surface area contributed by atoms with Gasteiger partial charge in [-0.25, -0.2) is 0 Å². The summed E-state index contributed by atoms with van der Waals surface area (Å²) < 4.78 is 43.9. The van der Waals surface area contributed by atoms with Crippen LogP contribution in [-0.4, -0.2) is 22.7 Å². The highest BCUT2D eigenvalue weighted by atomic mass is 35.5. The molecule has 2 aromatic carbocycles. The number of amides is 1. The van der Waals surface area contributed by atoms with Gasteiger partial charge < -0.3 is 10.1 Å². The van der Waals surface area contributed by atoms with Crippen LogP contribution in [0.4, 0.5) is 13.2 Å². The fraction of sp³-hybridized carbons (Fsp3) is 0.200. The molecule has 3 rings (SSSR count). The van der Waals surface area contributed by atoms with Crippen LogP contribution in [0.1, 0.15) is 28.4 Å². The fourth-order valence-corrected chi connectivity index (χ4v) is 2.98. The van der Waals surface area contributed by atoms with Gasteiger partial charge in [0.15, 0.2) is 0 Å². The second-order valence-corrected chi connectivity index (χ2v) is 6.52. The highest BCUT2D eigenvalue weighted by Crippen LogP contribution is 2.31. The van der Waals surface area contributed by atoms with E-state index >= 15 is 0 Å². The Labute approximate surface area is 169 Å². The summed E-state index contributed by atoms with van der Waals surface area (Å²) in [6.07, 6.45) is -3.09. The molecule has 0 aliphatic heterocycles. The number of halogens is 4. The first-order valence-corrected chi connectivity index (χ1v) is 9.07. The predicted molar refractivity (Wildman–Crippen MR) is 103 cm³/mol. The third-order valence-corrected chi connectivity index (χ3v) is 4.41. The van der Waals surface area contributed by atoms with E-state index in [0.717, 1.165) is 12.1 Å². The van der Waals surface area contributed by atoms with Crippen LogP contribution < -0.4 is 10.1 Å². The van der Waals surface area contributed by atoms with Crippen LogP contribution in [0.25, 0.3) is 11.3 Å². The Morgan fingerprint density at radius 3 is 2.72 bits per heavy atom. The SMILES string of the molecule is CCOc1ccc(-c2[nH]ncc2C(=O)NCc2cccc(C(F)(F)F)c2)cc1Cl. The number of nitrogens with one attached hydrogen (secondary N) is 2. The summed E-state index contributed by atoms with van der Waals surface area (Å²) in [7, 11) is 0. The van der Waals surface area contributed by atoms with Gasteiger partial charge in [-0.15, -0.1) is 0 Å². The number of hydrogen-bond donors (Lipinski definition) is 2. The maximum atomic E-state index is 12.8. The third-order valence-electron chi connectivity index (χ3n) is 4.11. The second kappa shape index (κ2) is 8.57. The minimum Gasteiger partial charge on any atom is -0.492 e. The number of aromatic nitrogens is 2. The molecule has 0 aliphatic rings. The van der Waals surface area contributed by atoms with E-state index in [1.165, 1.54) is 18.3 Å². The van der Waals surface area contributed by atoms with E-state index in [-0.39, 0.29) is 12.1 Å². The molecule has 1 heterocycles. The largest absolute Gasteiger partial charge is 0.492 e. The first kappa shape index (κ1) is 20.7. The summed E-state index contributed by atoms with van der Waals surface area (Å²) in [4.78, 5) is 12.6. The van der Waals surface area contributed by atoms with Crippen molar-refractivity contribution in [1.82, 2.24) is 15.5 Å². The lowest BCUT2D eigenvalue weighted by atomic mass is 10.1. The summed E-state index contributed by atoms with van der Waals surface area (Å²) in [6.45, 7) is 2.25. The smallest absolute Gasteiger partial charge is 0.416 e.